The van der Waals surface area contributed by atoms with Crippen LogP contribution >= 0.6 is 0 Å². The second kappa shape index (κ2) is 15.9. The monoisotopic (exact) mass is 983 g/mol. The van der Waals surface area contributed by atoms with E-state index in [0.717, 1.165) is 150 Å². The Morgan fingerprint density at radius 3 is 1.35 bits per heavy atom. The molecule has 0 radical (unpaired) electrons. The molecule has 6 aromatic rings. The fourth-order valence-corrected chi connectivity index (χ4v) is 12.8. The van der Waals surface area contributed by atoms with Gasteiger partial charge in [0.15, 0.2) is 5.84 Å². The summed E-state index contributed by atoms with van der Waals surface area (Å²) in [7, 11) is 0. The molecule has 2 aromatic heterocycles. The largest absolute Gasteiger partial charge is 0.404 e. The van der Waals surface area contributed by atoms with Crippen LogP contribution in [0.15, 0.2) is 162 Å². The van der Waals surface area contributed by atoms with Gasteiger partial charge in [-0.15, -0.1) is 9.15 Å². The molecule has 0 aliphatic carbocycles. The van der Waals surface area contributed by atoms with E-state index in [1.54, 1.807) is 0 Å². The number of hydrogen-bond donors (Lipinski definition) is 0. The van der Waals surface area contributed by atoms with Gasteiger partial charge in [0.2, 0.25) is 51.8 Å². The van der Waals surface area contributed by atoms with E-state index in [0.29, 0.717) is 11.6 Å². The minimum Gasteiger partial charge on any atom is -0.218 e. The zero-order valence-corrected chi connectivity index (χ0v) is 39.6. The first kappa shape index (κ1) is 47.7. The van der Waals surface area contributed by atoms with E-state index >= 15 is 0 Å². The van der Waals surface area contributed by atoms with Gasteiger partial charge in [0.1, 0.15) is 11.7 Å². The second-order valence-corrected chi connectivity index (χ2v) is 18.1. The molecule has 18 rings (SSSR count). The van der Waals surface area contributed by atoms with Crippen LogP contribution in [0.2, 0.25) is 0 Å². The summed E-state index contributed by atoms with van der Waals surface area (Å²) in [6.45, 7) is 20.5. The summed E-state index contributed by atoms with van der Waals surface area (Å²) in [4.78, 5) is 45.1. The van der Waals surface area contributed by atoms with Crippen molar-refractivity contribution in [2.75, 3.05) is 0 Å². The topological polar surface area (TPSA) is 127 Å². The Morgan fingerprint density at radius 1 is 0.419 bits per heavy atom. The van der Waals surface area contributed by atoms with E-state index in [1.807, 2.05) is 46.4 Å². The summed E-state index contributed by atoms with van der Waals surface area (Å²) in [6.07, 6.45) is 3.55. The third-order valence-electron chi connectivity index (χ3n) is 15.0. The summed E-state index contributed by atoms with van der Waals surface area (Å²) in [5, 5.41) is 4.33. The lowest BCUT2D eigenvalue weighted by molar-refractivity contribution is -0.796. The van der Waals surface area contributed by atoms with E-state index in [1.165, 1.54) is 0 Å². The number of aromatic nitrogens is 2. The maximum atomic E-state index is 5.42. The molecule has 14 heterocycles. The van der Waals surface area contributed by atoms with E-state index in [9.17, 15) is 0 Å². The van der Waals surface area contributed by atoms with Crippen LogP contribution in [-0.2, 0) is 5.91 Å². The van der Waals surface area contributed by atoms with Crippen LogP contribution in [0.4, 0.5) is 11.6 Å². The predicted octanol–water partition coefficient (Wildman–Crippen LogP) is 9.55. The Balaban J connectivity index is 0.000000155. The molecule has 16 nitrogen and oxygen atoms in total. The van der Waals surface area contributed by atoms with Crippen molar-refractivity contribution < 1.29 is 18.3 Å². The molecule has 0 unspecified atom stereocenters. The van der Waals surface area contributed by atoms with Crippen molar-refractivity contribution in [3.8, 4) is 0 Å². The first-order chi connectivity index (χ1) is 34.4. The van der Waals surface area contributed by atoms with Gasteiger partial charge in [0, 0.05) is 54.2 Å². The number of hydrogen-bond acceptors (Lipinski definition) is 10. The van der Waals surface area contributed by atoms with Gasteiger partial charge in [-0.25, -0.2) is 14.8 Å². The van der Waals surface area contributed by atoms with Gasteiger partial charge >= 0.3 is 11.8 Å². The average molecular weight is 983 g/mol. The highest BCUT2D eigenvalue weighted by Crippen LogP contribution is 2.53. The van der Waals surface area contributed by atoms with E-state index in [2.05, 4.69) is 148 Å². The fourth-order valence-electron chi connectivity index (χ4n) is 12.8. The van der Waals surface area contributed by atoms with Crippen molar-refractivity contribution in [3.63, 3.8) is 0 Å². The van der Waals surface area contributed by atoms with Crippen LogP contribution in [0, 0.1) is 0 Å². The quantitative estimate of drug-likeness (QED) is 0.141. The van der Waals surface area contributed by atoms with E-state index < -0.39 is 11.8 Å². The zero-order chi connectivity index (χ0) is 47.3. The molecular formula is C58H62N16+4. The van der Waals surface area contributed by atoms with Crippen molar-refractivity contribution >= 4 is 91.5 Å². The Labute approximate surface area is 430 Å². The van der Waals surface area contributed by atoms with Crippen molar-refractivity contribution in [3.05, 3.63) is 155 Å². The number of nitrogens with zero attached hydrogens (tertiary/aromatic N) is 16. The highest BCUT2D eigenvalue weighted by Gasteiger charge is 2.72. The number of benzene rings is 4. The highest BCUT2D eigenvalue weighted by atomic mass is 15.8. The molecule has 0 amide bonds. The molecule has 4 aromatic carbocycles. The van der Waals surface area contributed by atoms with Gasteiger partial charge in [0.25, 0.3) is 23.3 Å². The molecule has 1 atom stereocenters. The molecule has 74 heavy (non-hydrogen) atoms. The van der Waals surface area contributed by atoms with Gasteiger partial charge in [-0.05, 0) is 62.0 Å². The summed E-state index contributed by atoms with van der Waals surface area (Å²) >= 11 is 0. The second-order valence-electron chi connectivity index (χ2n) is 18.1. The molecule has 370 valence electrons. The van der Waals surface area contributed by atoms with Crippen molar-refractivity contribution in [2.45, 2.75) is 109 Å². The van der Waals surface area contributed by atoms with Crippen molar-refractivity contribution in [2.24, 2.45) is 39.9 Å². The molecule has 12 aliphatic heterocycles. The van der Waals surface area contributed by atoms with Crippen LogP contribution < -0.4 is 11.0 Å². The summed E-state index contributed by atoms with van der Waals surface area (Å²) in [6, 6.07) is 34.0. The number of amidine groups is 10. The molecular weight excluding hydrogens is 921 g/mol. The van der Waals surface area contributed by atoms with Gasteiger partial charge in [-0.2, -0.15) is 18.3 Å². The lowest BCUT2D eigenvalue weighted by Gasteiger charge is -2.52. The van der Waals surface area contributed by atoms with Gasteiger partial charge < -0.3 is 0 Å². The van der Waals surface area contributed by atoms with Gasteiger partial charge in [-0.3, -0.25) is 0 Å². The standard InChI is InChI=1S/C33H16N8.C17H18N8.2C2H6.4CH4/c1-2-10-18-17(9-1)25-34-27-19-11-3-4-12-20(19)29-36-31-23-15-7-8-16-24(23)32-37-30-22-14-6-5-13-21(22)28-35-26(18)38(25)33(39(27)29,40(28)30)41(31)32;1-9-18-10(2)23-12(4)20-14-6-8-16-21-15-7-5-13-19-11(3)22(9)17(23,24(13)15)25(14)16;2*1-2;;;;/h1-16H;1,3,5-8H2,2,4H3;2*1-2H3;4*1H4/q2*+2;;;;;;/t;17-;;;;;;/m.0....../s1. The smallest absolute Gasteiger partial charge is 0.218 e. The Hall–Kier alpha value is -8.66. The Morgan fingerprint density at radius 2 is 0.838 bits per heavy atom. The Kier molecular flexibility index (Phi) is 10.3. The third-order valence-corrected chi connectivity index (χ3v) is 15.0. The number of aliphatic imine (C=N–C) groups is 6. The van der Waals surface area contributed by atoms with Crippen LogP contribution in [0.5, 0.6) is 0 Å². The molecule has 0 saturated heterocycles. The summed E-state index contributed by atoms with van der Waals surface area (Å²) in [5.74, 6) is 11.1. The maximum Gasteiger partial charge on any atom is 0.404 e. The number of fused-ring (bicyclic) bond motifs is 12. The molecule has 2 spiro atoms. The molecule has 0 N–H and O–H groups in total. The van der Waals surface area contributed by atoms with Crippen LogP contribution in [-0.4, -0.2) is 102 Å². The summed E-state index contributed by atoms with van der Waals surface area (Å²) < 4.78 is 13.8. The lowest BCUT2D eigenvalue weighted by Crippen LogP contribution is -2.80. The van der Waals surface area contributed by atoms with Crippen LogP contribution in [0.1, 0.15) is 119 Å². The Bertz CT molecular complexity index is 3960. The summed E-state index contributed by atoms with van der Waals surface area (Å²) in [5.41, 5.74) is 6.13. The predicted molar refractivity (Wildman–Crippen MR) is 298 cm³/mol. The van der Waals surface area contributed by atoms with Crippen LogP contribution in [0.3, 0.4) is 0 Å². The molecule has 12 aliphatic rings. The maximum absolute atomic E-state index is 5.42. The molecule has 0 saturated carbocycles. The minimum atomic E-state index is -0.923. The van der Waals surface area contributed by atoms with E-state index in [4.69, 9.17) is 34.9 Å². The van der Waals surface area contributed by atoms with Crippen LogP contribution in [0.25, 0.3) is 21.5 Å². The zero-order valence-electron chi connectivity index (χ0n) is 39.6. The van der Waals surface area contributed by atoms with Crippen molar-refractivity contribution in [1.82, 2.24) is 18.9 Å². The fraction of sp³-hybridized carbons (Fsp3) is 0.276. The van der Waals surface area contributed by atoms with Gasteiger partial charge in [-0.1, -0.05) is 147 Å². The minimum absolute atomic E-state index is 0. The molecule has 0 bridgehead atoms. The normalized spacial score (nSPS) is 21.1. The molecule has 16 heteroatoms. The third kappa shape index (κ3) is 5.02. The SMILES string of the molecule is C.C.C.C.C=C1N=C(C)N2C(C)=NC3=[N+]4C(=NC5=[N+]6C(=NC(=C)N1[C@@]246)CC5)CC3.CC.CC.c1ccc2c(c1)C1=Nc3c4ccccc4c4n3C35n6c(c7ccccc7c6=NC6=[N+]3C(=N4)c3ccccc36)=NC2=[N+]15. The first-order valence-corrected chi connectivity index (χ1v) is 24.4. The lowest BCUT2D eigenvalue weighted by atomic mass is 10.1. The average Bonchev–Trinajstić information content (AvgIpc) is 4.38. The van der Waals surface area contributed by atoms with Gasteiger partial charge in [0.05, 0.1) is 22.3 Å². The highest BCUT2D eigenvalue weighted by molar-refractivity contribution is 6.20. The van der Waals surface area contributed by atoms with Crippen molar-refractivity contribution in [1.29, 1.82) is 0 Å². The van der Waals surface area contributed by atoms with E-state index in [-0.39, 0.29) is 29.7 Å². The molecule has 0 fully saturated rings. The first-order valence-electron chi connectivity index (χ1n) is 24.4. The number of rotatable bonds is 0.